The van der Waals surface area contributed by atoms with Crippen molar-refractivity contribution in [2.45, 2.75) is 19.8 Å². The normalized spacial score (nSPS) is 10.5. The van der Waals surface area contributed by atoms with Gasteiger partial charge in [0.05, 0.1) is 5.02 Å². The van der Waals surface area contributed by atoms with Crippen molar-refractivity contribution in [3.63, 3.8) is 0 Å². The molecule has 0 atom stereocenters. The van der Waals surface area contributed by atoms with E-state index in [1.165, 1.54) is 4.88 Å². The highest BCUT2D eigenvalue weighted by Gasteiger charge is 2.13. The van der Waals surface area contributed by atoms with Crippen molar-refractivity contribution in [2.75, 3.05) is 0 Å². The molecule has 0 amide bonds. The van der Waals surface area contributed by atoms with Gasteiger partial charge in [-0.15, -0.1) is 11.3 Å². The van der Waals surface area contributed by atoms with Gasteiger partial charge in [-0.3, -0.25) is 9.78 Å². The molecule has 17 heavy (non-hydrogen) atoms. The first kappa shape index (κ1) is 12.3. The first-order chi connectivity index (χ1) is 8.20. The Bertz CT molecular complexity index is 536. The van der Waals surface area contributed by atoms with E-state index >= 15 is 0 Å². The number of aromatic nitrogens is 1. The summed E-state index contributed by atoms with van der Waals surface area (Å²) in [6.45, 7) is 2.10. The van der Waals surface area contributed by atoms with E-state index in [0.29, 0.717) is 17.1 Å². The average Bonchev–Trinajstić information content (AvgIpc) is 2.77. The molecule has 4 heteroatoms. The molecule has 0 saturated carbocycles. The molecule has 0 aromatic carbocycles. The van der Waals surface area contributed by atoms with Crippen LogP contribution >= 0.6 is 22.9 Å². The highest BCUT2D eigenvalue weighted by molar-refractivity contribution is 7.12. The van der Waals surface area contributed by atoms with Crippen LogP contribution in [0.4, 0.5) is 0 Å². The predicted octanol–water partition coefficient (Wildman–Crippen LogP) is 3.78. The molecule has 2 heterocycles. The summed E-state index contributed by atoms with van der Waals surface area (Å²) in [4.78, 5) is 18.4. The van der Waals surface area contributed by atoms with E-state index < -0.39 is 0 Å². The van der Waals surface area contributed by atoms with Gasteiger partial charge >= 0.3 is 0 Å². The SMILES string of the molecule is CCc1ccc(CC(=O)c2ncccc2Cl)s1. The van der Waals surface area contributed by atoms with E-state index in [9.17, 15) is 4.79 Å². The first-order valence-corrected chi connectivity index (χ1v) is 6.61. The molecule has 2 aromatic rings. The number of carbonyl (C=O) groups excluding carboxylic acids is 1. The Kier molecular flexibility index (Phi) is 3.92. The maximum Gasteiger partial charge on any atom is 0.187 e. The number of thiophene rings is 1. The van der Waals surface area contributed by atoms with Crippen LogP contribution in [0.15, 0.2) is 30.5 Å². The van der Waals surface area contributed by atoms with Crippen LogP contribution in [0, 0.1) is 0 Å². The Labute approximate surface area is 109 Å². The fraction of sp³-hybridized carbons (Fsp3) is 0.231. The van der Waals surface area contributed by atoms with Gasteiger partial charge in [0.1, 0.15) is 5.69 Å². The molecule has 0 aliphatic heterocycles. The third kappa shape index (κ3) is 2.93. The zero-order valence-electron chi connectivity index (χ0n) is 9.44. The van der Waals surface area contributed by atoms with Gasteiger partial charge in [-0.25, -0.2) is 0 Å². The summed E-state index contributed by atoms with van der Waals surface area (Å²) in [5.41, 5.74) is 0.362. The van der Waals surface area contributed by atoms with Gasteiger partial charge in [0, 0.05) is 22.4 Å². The largest absolute Gasteiger partial charge is 0.292 e. The number of halogens is 1. The van der Waals surface area contributed by atoms with Gasteiger partial charge in [-0.1, -0.05) is 18.5 Å². The van der Waals surface area contributed by atoms with Crippen LogP contribution in [0.25, 0.3) is 0 Å². The first-order valence-electron chi connectivity index (χ1n) is 5.42. The van der Waals surface area contributed by atoms with Crippen molar-refractivity contribution < 1.29 is 4.79 Å². The highest BCUT2D eigenvalue weighted by Crippen LogP contribution is 2.20. The maximum atomic E-state index is 12.0. The molecular formula is C13H12ClNOS. The Morgan fingerprint density at radius 2 is 2.12 bits per heavy atom. The molecule has 2 nitrogen and oxygen atoms in total. The standard InChI is InChI=1S/C13H12ClNOS/c1-2-9-5-6-10(17-9)8-12(16)13-11(14)4-3-7-15-13/h3-7H,2,8H2,1H3. The number of rotatable bonds is 4. The van der Waals surface area contributed by atoms with Crippen molar-refractivity contribution in [1.82, 2.24) is 4.98 Å². The minimum atomic E-state index is -0.0277. The molecule has 0 radical (unpaired) electrons. The average molecular weight is 266 g/mol. The molecule has 0 aliphatic carbocycles. The van der Waals surface area contributed by atoms with E-state index in [1.54, 1.807) is 29.7 Å². The molecule has 2 rings (SSSR count). The molecule has 0 unspecified atom stereocenters. The van der Waals surface area contributed by atoms with Gasteiger partial charge in [0.2, 0.25) is 0 Å². The van der Waals surface area contributed by atoms with Crippen molar-refractivity contribution in [1.29, 1.82) is 0 Å². The van der Waals surface area contributed by atoms with Gasteiger partial charge in [0.15, 0.2) is 5.78 Å². The summed E-state index contributed by atoms with van der Waals surface area (Å²) >= 11 is 7.61. The lowest BCUT2D eigenvalue weighted by molar-refractivity contribution is 0.0989. The van der Waals surface area contributed by atoms with Crippen LogP contribution in [0.1, 0.15) is 27.2 Å². The Morgan fingerprint density at radius 3 is 2.76 bits per heavy atom. The van der Waals surface area contributed by atoms with Crippen LogP contribution in [-0.2, 0) is 12.8 Å². The molecular weight excluding hydrogens is 254 g/mol. The Balaban J connectivity index is 2.14. The minimum Gasteiger partial charge on any atom is -0.292 e. The van der Waals surface area contributed by atoms with Crippen molar-refractivity contribution in [3.05, 3.63) is 50.9 Å². The lowest BCUT2D eigenvalue weighted by Crippen LogP contribution is -2.05. The molecule has 0 saturated heterocycles. The fourth-order valence-electron chi connectivity index (χ4n) is 1.54. The van der Waals surface area contributed by atoms with Crippen molar-refractivity contribution in [2.24, 2.45) is 0 Å². The summed E-state index contributed by atoms with van der Waals surface area (Å²) in [7, 11) is 0. The molecule has 0 fully saturated rings. The molecule has 0 aliphatic rings. The summed E-state index contributed by atoms with van der Waals surface area (Å²) in [5, 5.41) is 0.421. The van der Waals surface area contributed by atoms with E-state index in [2.05, 4.69) is 18.0 Å². The summed E-state index contributed by atoms with van der Waals surface area (Å²) in [6.07, 6.45) is 2.97. The van der Waals surface area contributed by atoms with E-state index in [1.807, 2.05) is 6.07 Å². The van der Waals surface area contributed by atoms with Crippen LogP contribution in [0.2, 0.25) is 5.02 Å². The summed E-state index contributed by atoms with van der Waals surface area (Å²) in [6, 6.07) is 7.47. The van der Waals surface area contributed by atoms with Crippen LogP contribution in [0.5, 0.6) is 0 Å². The quantitative estimate of drug-likeness (QED) is 0.788. The Morgan fingerprint density at radius 1 is 1.35 bits per heavy atom. The number of pyridine rings is 1. The van der Waals surface area contributed by atoms with E-state index in [4.69, 9.17) is 11.6 Å². The Hall–Kier alpha value is -1.19. The molecule has 0 spiro atoms. The molecule has 88 valence electrons. The monoisotopic (exact) mass is 265 g/mol. The highest BCUT2D eigenvalue weighted by atomic mass is 35.5. The van der Waals surface area contributed by atoms with Gasteiger partial charge in [-0.05, 0) is 30.7 Å². The van der Waals surface area contributed by atoms with E-state index in [0.717, 1.165) is 11.3 Å². The van der Waals surface area contributed by atoms with Gasteiger partial charge in [0.25, 0.3) is 0 Å². The molecule has 2 aromatic heterocycles. The number of Topliss-reactive ketones (excluding diaryl/α,β-unsaturated/α-hetero) is 1. The third-order valence-corrected chi connectivity index (χ3v) is 3.96. The second kappa shape index (κ2) is 5.43. The number of ketones is 1. The fourth-order valence-corrected chi connectivity index (χ4v) is 2.72. The summed E-state index contributed by atoms with van der Waals surface area (Å²) < 4.78 is 0. The number of hydrogen-bond acceptors (Lipinski definition) is 3. The van der Waals surface area contributed by atoms with Crippen LogP contribution < -0.4 is 0 Å². The van der Waals surface area contributed by atoms with Crippen molar-refractivity contribution >= 4 is 28.7 Å². The smallest absolute Gasteiger partial charge is 0.187 e. The second-order valence-corrected chi connectivity index (χ2v) is 5.32. The van der Waals surface area contributed by atoms with Gasteiger partial charge < -0.3 is 0 Å². The predicted molar refractivity (Wildman–Crippen MR) is 71.0 cm³/mol. The number of aryl methyl sites for hydroxylation is 1. The second-order valence-electron chi connectivity index (χ2n) is 3.66. The maximum absolute atomic E-state index is 12.0. The minimum absolute atomic E-state index is 0.0277. The number of nitrogens with zero attached hydrogens (tertiary/aromatic N) is 1. The zero-order valence-corrected chi connectivity index (χ0v) is 11.0. The van der Waals surface area contributed by atoms with Crippen molar-refractivity contribution in [3.8, 4) is 0 Å². The zero-order chi connectivity index (χ0) is 12.3. The topological polar surface area (TPSA) is 30.0 Å². The van der Waals surface area contributed by atoms with Gasteiger partial charge in [-0.2, -0.15) is 0 Å². The van der Waals surface area contributed by atoms with Crippen LogP contribution in [-0.4, -0.2) is 10.8 Å². The van der Waals surface area contributed by atoms with E-state index in [-0.39, 0.29) is 5.78 Å². The molecule has 0 bridgehead atoms. The lowest BCUT2D eigenvalue weighted by atomic mass is 10.2. The summed E-state index contributed by atoms with van der Waals surface area (Å²) in [5.74, 6) is -0.0277. The molecule has 0 N–H and O–H groups in total. The number of hydrogen-bond donors (Lipinski definition) is 0. The van der Waals surface area contributed by atoms with Crippen LogP contribution in [0.3, 0.4) is 0 Å². The number of carbonyl (C=O) groups is 1. The lowest BCUT2D eigenvalue weighted by Gasteiger charge is -2.00. The third-order valence-electron chi connectivity index (χ3n) is 2.42.